The van der Waals surface area contributed by atoms with Crippen LogP contribution in [0.4, 0.5) is 4.79 Å². The number of carbonyl (C=O) groups is 4. The molecule has 0 aliphatic carbocycles. The SMILES string of the molecule is CC(=O)OC(OC1CCN(C(=O)[C@H](C)CC(=O)c2ccc(C#N)cc2)CC1)C1CCCN(C(=O)O)C1. The lowest BCUT2D eigenvalue weighted by molar-refractivity contribution is -0.211. The molecule has 2 fully saturated rings. The zero-order valence-electron chi connectivity index (χ0n) is 20.7. The molecule has 2 aliphatic rings. The van der Waals surface area contributed by atoms with Gasteiger partial charge in [-0.3, -0.25) is 14.4 Å². The van der Waals surface area contributed by atoms with Crippen molar-refractivity contribution in [3.8, 4) is 6.07 Å². The average Bonchev–Trinajstić information content (AvgIpc) is 2.88. The number of rotatable bonds is 8. The van der Waals surface area contributed by atoms with E-state index < -0.39 is 24.3 Å². The number of benzene rings is 1. The number of piperidine rings is 2. The molecule has 3 rings (SSSR count). The number of ether oxygens (including phenoxy) is 2. The maximum absolute atomic E-state index is 12.9. The average molecular weight is 500 g/mol. The first-order valence-corrected chi connectivity index (χ1v) is 12.3. The van der Waals surface area contributed by atoms with Gasteiger partial charge in [0, 0.05) is 56.9 Å². The summed E-state index contributed by atoms with van der Waals surface area (Å²) >= 11 is 0. The molecule has 1 aromatic carbocycles. The molecule has 0 bridgehead atoms. The normalized spacial score (nSPS) is 20.2. The number of Topliss-reactive ketones (excluding diaryl/α,β-unsaturated/α-hetero) is 1. The lowest BCUT2D eigenvalue weighted by Crippen LogP contribution is -2.48. The van der Waals surface area contributed by atoms with Crippen molar-refractivity contribution in [3.05, 3.63) is 35.4 Å². The van der Waals surface area contributed by atoms with Crippen LogP contribution in [0.15, 0.2) is 24.3 Å². The van der Waals surface area contributed by atoms with Gasteiger partial charge in [0.25, 0.3) is 0 Å². The van der Waals surface area contributed by atoms with E-state index in [-0.39, 0.29) is 36.7 Å². The van der Waals surface area contributed by atoms with Crippen molar-refractivity contribution in [2.45, 2.75) is 58.3 Å². The minimum absolute atomic E-state index is 0.0808. The van der Waals surface area contributed by atoms with Gasteiger partial charge >= 0.3 is 12.1 Å². The molecule has 0 radical (unpaired) electrons. The second-order valence-corrected chi connectivity index (χ2v) is 9.49. The molecule has 36 heavy (non-hydrogen) atoms. The molecule has 2 amide bonds. The number of esters is 1. The van der Waals surface area contributed by atoms with E-state index in [1.807, 2.05) is 6.07 Å². The Morgan fingerprint density at radius 1 is 1.08 bits per heavy atom. The van der Waals surface area contributed by atoms with Gasteiger partial charge in [0.1, 0.15) is 0 Å². The summed E-state index contributed by atoms with van der Waals surface area (Å²) in [5, 5.41) is 18.2. The van der Waals surface area contributed by atoms with Crippen LogP contribution < -0.4 is 0 Å². The predicted octanol–water partition coefficient (Wildman–Crippen LogP) is 3.05. The van der Waals surface area contributed by atoms with Crippen molar-refractivity contribution in [2.75, 3.05) is 26.2 Å². The molecule has 2 heterocycles. The number of nitriles is 1. The Balaban J connectivity index is 1.51. The molecular weight excluding hydrogens is 466 g/mol. The van der Waals surface area contributed by atoms with Gasteiger partial charge in [0.05, 0.1) is 17.7 Å². The van der Waals surface area contributed by atoms with Crippen molar-refractivity contribution in [3.63, 3.8) is 0 Å². The first-order valence-electron chi connectivity index (χ1n) is 12.3. The molecule has 1 N–H and O–H groups in total. The highest BCUT2D eigenvalue weighted by molar-refractivity contribution is 5.98. The van der Waals surface area contributed by atoms with E-state index in [1.54, 1.807) is 36.1 Å². The fourth-order valence-electron chi connectivity index (χ4n) is 4.73. The highest BCUT2D eigenvalue weighted by Gasteiger charge is 2.35. The topological polar surface area (TPSA) is 137 Å². The van der Waals surface area contributed by atoms with Crippen LogP contribution in [-0.2, 0) is 19.1 Å². The van der Waals surface area contributed by atoms with Crippen LogP contribution in [0.25, 0.3) is 0 Å². The van der Waals surface area contributed by atoms with Crippen molar-refractivity contribution in [1.82, 2.24) is 9.80 Å². The molecule has 2 aliphatic heterocycles. The number of hydrogen-bond donors (Lipinski definition) is 1. The first kappa shape index (κ1) is 27.1. The number of carbonyl (C=O) groups excluding carboxylic acids is 3. The van der Waals surface area contributed by atoms with Crippen molar-refractivity contribution < 1.29 is 33.8 Å². The van der Waals surface area contributed by atoms with Crippen molar-refractivity contribution in [1.29, 1.82) is 5.26 Å². The summed E-state index contributed by atoms with van der Waals surface area (Å²) in [6.07, 6.45) is 0.491. The van der Waals surface area contributed by atoms with Gasteiger partial charge in [-0.05, 0) is 37.8 Å². The molecule has 194 valence electrons. The quantitative estimate of drug-likeness (QED) is 0.327. The largest absolute Gasteiger partial charge is 0.465 e. The van der Waals surface area contributed by atoms with Gasteiger partial charge in [-0.25, -0.2) is 4.79 Å². The number of amides is 2. The molecule has 10 nitrogen and oxygen atoms in total. The minimum atomic E-state index is -1.00. The summed E-state index contributed by atoms with van der Waals surface area (Å²) in [6.45, 7) is 4.64. The van der Waals surface area contributed by atoms with Gasteiger partial charge < -0.3 is 24.4 Å². The second-order valence-electron chi connectivity index (χ2n) is 9.49. The number of hydrogen-bond acceptors (Lipinski definition) is 7. The molecule has 0 spiro atoms. The second kappa shape index (κ2) is 12.5. The molecule has 2 unspecified atom stereocenters. The highest BCUT2D eigenvalue weighted by atomic mass is 16.7. The van der Waals surface area contributed by atoms with Crippen molar-refractivity contribution in [2.24, 2.45) is 11.8 Å². The Morgan fingerprint density at radius 2 is 1.75 bits per heavy atom. The van der Waals surface area contributed by atoms with E-state index in [4.69, 9.17) is 14.7 Å². The number of likely N-dealkylation sites (tertiary alicyclic amines) is 2. The van der Waals surface area contributed by atoms with E-state index in [1.165, 1.54) is 11.8 Å². The smallest absolute Gasteiger partial charge is 0.407 e. The van der Waals surface area contributed by atoms with E-state index in [0.29, 0.717) is 56.4 Å². The monoisotopic (exact) mass is 499 g/mol. The summed E-state index contributed by atoms with van der Waals surface area (Å²) in [5.41, 5.74) is 0.945. The van der Waals surface area contributed by atoms with Crippen LogP contribution in [0.5, 0.6) is 0 Å². The highest BCUT2D eigenvalue weighted by Crippen LogP contribution is 2.27. The lowest BCUT2D eigenvalue weighted by Gasteiger charge is -2.38. The van der Waals surface area contributed by atoms with E-state index >= 15 is 0 Å². The Hall–Kier alpha value is -3.45. The predicted molar refractivity (Wildman–Crippen MR) is 128 cm³/mol. The zero-order valence-corrected chi connectivity index (χ0v) is 20.7. The summed E-state index contributed by atoms with van der Waals surface area (Å²) in [4.78, 5) is 51.6. The van der Waals surface area contributed by atoms with E-state index in [9.17, 15) is 24.3 Å². The molecule has 3 atom stereocenters. The Labute approximate surface area is 210 Å². The molecule has 0 saturated carbocycles. The lowest BCUT2D eigenvalue weighted by atomic mass is 9.96. The van der Waals surface area contributed by atoms with Crippen LogP contribution in [0, 0.1) is 23.2 Å². The van der Waals surface area contributed by atoms with Crippen LogP contribution in [0.1, 0.15) is 61.9 Å². The summed E-state index contributed by atoms with van der Waals surface area (Å²) in [6, 6.07) is 8.38. The third kappa shape index (κ3) is 7.28. The molecule has 10 heteroatoms. The maximum Gasteiger partial charge on any atom is 0.407 e. The molecule has 0 aromatic heterocycles. The van der Waals surface area contributed by atoms with Crippen LogP contribution in [-0.4, -0.2) is 77.2 Å². The van der Waals surface area contributed by atoms with Gasteiger partial charge in [-0.1, -0.05) is 19.1 Å². The van der Waals surface area contributed by atoms with Gasteiger partial charge in [-0.2, -0.15) is 5.26 Å². The maximum atomic E-state index is 12.9. The number of ketones is 1. The Morgan fingerprint density at radius 3 is 2.33 bits per heavy atom. The summed E-state index contributed by atoms with van der Waals surface area (Å²) < 4.78 is 11.5. The molecule has 1 aromatic rings. The standard InChI is InChI=1S/C26H33N3O7/c1-17(14-23(31)20-7-5-19(15-27)6-8-20)24(32)28-12-9-22(10-13-28)36-25(35-18(2)30)21-4-3-11-29(16-21)26(33)34/h5-8,17,21-22,25H,3-4,9-14,16H2,1-2H3,(H,33,34)/t17-,21?,25?/m1/s1. The number of carboxylic acid groups (broad SMARTS) is 1. The van der Waals surface area contributed by atoms with Gasteiger partial charge in [0.2, 0.25) is 12.2 Å². The fraction of sp³-hybridized carbons (Fsp3) is 0.577. The van der Waals surface area contributed by atoms with Crippen molar-refractivity contribution >= 4 is 23.8 Å². The molecular formula is C26H33N3O7. The van der Waals surface area contributed by atoms with Gasteiger partial charge in [0.15, 0.2) is 5.78 Å². The number of nitrogens with zero attached hydrogens (tertiary/aromatic N) is 3. The van der Waals surface area contributed by atoms with E-state index in [2.05, 4.69) is 0 Å². The zero-order chi connectivity index (χ0) is 26.2. The fourth-order valence-corrected chi connectivity index (χ4v) is 4.73. The first-order chi connectivity index (χ1) is 17.2. The molecule has 2 saturated heterocycles. The summed E-state index contributed by atoms with van der Waals surface area (Å²) in [5.74, 6) is -1.46. The Bertz CT molecular complexity index is 996. The minimum Gasteiger partial charge on any atom is -0.465 e. The van der Waals surface area contributed by atoms with Crippen LogP contribution in [0.2, 0.25) is 0 Å². The van der Waals surface area contributed by atoms with Crippen LogP contribution >= 0.6 is 0 Å². The van der Waals surface area contributed by atoms with E-state index in [0.717, 1.165) is 0 Å². The third-order valence-electron chi connectivity index (χ3n) is 6.72. The Kier molecular flexibility index (Phi) is 9.42. The summed E-state index contributed by atoms with van der Waals surface area (Å²) in [7, 11) is 0. The van der Waals surface area contributed by atoms with Crippen LogP contribution in [0.3, 0.4) is 0 Å². The third-order valence-corrected chi connectivity index (χ3v) is 6.72. The van der Waals surface area contributed by atoms with Gasteiger partial charge in [-0.15, -0.1) is 0 Å².